The first-order chi connectivity index (χ1) is 23.8. The highest BCUT2D eigenvalue weighted by molar-refractivity contribution is 6.39. The molecule has 1 heterocycles. The summed E-state index contributed by atoms with van der Waals surface area (Å²) in [7, 11) is 3.21. The second kappa shape index (κ2) is 11.3. The van der Waals surface area contributed by atoms with Crippen molar-refractivity contribution in [1.82, 2.24) is 0 Å². The van der Waals surface area contributed by atoms with Crippen LogP contribution in [0.1, 0.15) is 27.8 Å². The number of amides is 2. The average Bonchev–Trinajstić information content (AvgIpc) is 3.65. The minimum absolute atomic E-state index is 0.187. The Bertz CT molecular complexity index is 2050. The second-order valence-electron chi connectivity index (χ2n) is 12.8. The Balaban J connectivity index is 1.55. The van der Waals surface area contributed by atoms with Crippen molar-refractivity contribution in [1.29, 1.82) is 0 Å². The third-order valence-corrected chi connectivity index (χ3v) is 10.9. The molecule has 0 N–H and O–H groups in total. The summed E-state index contributed by atoms with van der Waals surface area (Å²) in [4.78, 5) is 47.7. The lowest BCUT2D eigenvalue weighted by Gasteiger charge is -2.39. The van der Waals surface area contributed by atoms with Gasteiger partial charge in [-0.05, 0) is 82.3 Å². The minimum Gasteiger partial charge on any atom is -0.497 e. The second-order valence-corrected chi connectivity index (χ2v) is 13.2. The molecule has 8 rings (SSSR count). The number of methoxy groups -OCH3 is 2. The van der Waals surface area contributed by atoms with Crippen LogP contribution in [0.4, 0.5) is 5.69 Å². The van der Waals surface area contributed by atoms with Crippen LogP contribution in [-0.4, -0.2) is 31.8 Å². The van der Waals surface area contributed by atoms with Gasteiger partial charge in [0, 0.05) is 5.02 Å². The first-order valence-corrected chi connectivity index (χ1v) is 16.5. The van der Waals surface area contributed by atoms with Crippen LogP contribution in [-0.2, 0) is 25.2 Å². The molecule has 1 aliphatic heterocycles. The van der Waals surface area contributed by atoms with Gasteiger partial charge in [0.05, 0.1) is 42.6 Å². The quantitative estimate of drug-likeness (QED) is 0.166. The molecular formula is C42H32ClNO5. The molecule has 0 radical (unpaired) electrons. The fourth-order valence-corrected chi connectivity index (χ4v) is 8.87. The summed E-state index contributed by atoms with van der Waals surface area (Å²) in [5.74, 6) is -1.79. The van der Waals surface area contributed by atoms with Crippen molar-refractivity contribution in [3.63, 3.8) is 0 Å². The van der Waals surface area contributed by atoms with E-state index < -0.39 is 34.5 Å². The number of halogens is 1. The molecule has 0 aromatic heterocycles. The largest absolute Gasteiger partial charge is 0.497 e. The van der Waals surface area contributed by atoms with Crippen molar-refractivity contribution in [2.45, 2.75) is 17.8 Å². The van der Waals surface area contributed by atoms with Gasteiger partial charge in [-0.25, -0.2) is 4.90 Å². The Hall–Kier alpha value is -5.46. The van der Waals surface area contributed by atoms with E-state index >= 15 is 14.4 Å². The summed E-state index contributed by atoms with van der Waals surface area (Å²) >= 11 is 6.47. The molecule has 5 aromatic carbocycles. The van der Waals surface area contributed by atoms with Crippen LogP contribution in [0.5, 0.6) is 11.5 Å². The van der Waals surface area contributed by atoms with Crippen molar-refractivity contribution in [2.24, 2.45) is 11.8 Å². The number of nitrogens with zero attached hydrogens (tertiary/aromatic N) is 1. The number of rotatable bonds is 7. The van der Waals surface area contributed by atoms with E-state index in [1.807, 2.05) is 116 Å². The monoisotopic (exact) mass is 665 g/mol. The Kier molecular flexibility index (Phi) is 7.12. The van der Waals surface area contributed by atoms with Crippen LogP contribution >= 0.6 is 11.6 Å². The number of carbonyl (C=O) groups is 3. The number of allylic oxidation sites excluding steroid dienone is 2. The molecule has 2 fully saturated rings. The molecule has 49 heavy (non-hydrogen) atoms. The number of ketones is 1. The zero-order valence-corrected chi connectivity index (χ0v) is 27.9. The van der Waals surface area contributed by atoms with Crippen molar-refractivity contribution in [3.8, 4) is 11.5 Å². The van der Waals surface area contributed by atoms with Crippen molar-refractivity contribution in [2.75, 3.05) is 19.1 Å². The van der Waals surface area contributed by atoms with E-state index in [4.69, 9.17) is 21.1 Å². The minimum atomic E-state index is -1.51. The van der Waals surface area contributed by atoms with E-state index in [2.05, 4.69) is 0 Å². The van der Waals surface area contributed by atoms with E-state index in [-0.39, 0.29) is 5.78 Å². The Morgan fingerprint density at radius 2 is 1.02 bits per heavy atom. The number of fused-ring (bicyclic) bond motifs is 5. The first-order valence-electron chi connectivity index (χ1n) is 16.1. The maximum absolute atomic E-state index is 16.1. The Labute approximate surface area is 289 Å². The molecule has 3 aliphatic rings. The third kappa shape index (κ3) is 4.04. The summed E-state index contributed by atoms with van der Waals surface area (Å²) in [5.41, 5.74) is 2.37. The molecule has 0 spiro atoms. The van der Waals surface area contributed by atoms with Gasteiger partial charge in [0.1, 0.15) is 11.5 Å². The number of ether oxygens (including phenoxy) is 2. The van der Waals surface area contributed by atoms with Crippen molar-refractivity contribution in [3.05, 3.63) is 160 Å². The van der Waals surface area contributed by atoms with Crippen LogP contribution in [0.2, 0.25) is 5.02 Å². The normalized spacial score (nSPS) is 24.1. The predicted molar refractivity (Wildman–Crippen MR) is 190 cm³/mol. The topological polar surface area (TPSA) is 72.9 Å². The molecule has 7 heteroatoms. The molecule has 1 saturated carbocycles. The smallest absolute Gasteiger partial charge is 0.239 e. The van der Waals surface area contributed by atoms with E-state index in [0.717, 1.165) is 16.7 Å². The van der Waals surface area contributed by atoms with Gasteiger partial charge in [-0.15, -0.1) is 0 Å². The number of imide groups is 1. The summed E-state index contributed by atoms with van der Waals surface area (Å²) < 4.78 is 11.0. The lowest BCUT2D eigenvalue weighted by molar-refractivity contribution is -0.130. The highest BCUT2D eigenvalue weighted by atomic mass is 35.5. The zero-order chi connectivity index (χ0) is 34.1. The fourth-order valence-electron chi connectivity index (χ4n) is 8.70. The van der Waals surface area contributed by atoms with Crippen molar-refractivity contribution >= 4 is 46.0 Å². The Morgan fingerprint density at radius 3 is 1.43 bits per heavy atom. The van der Waals surface area contributed by atoms with Gasteiger partial charge in [0.25, 0.3) is 0 Å². The Morgan fingerprint density at radius 1 is 0.592 bits per heavy atom. The molecule has 0 unspecified atom stereocenters. The maximum atomic E-state index is 16.1. The summed E-state index contributed by atoms with van der Waals surface area (Å²) in [6.45, 7) is 1.85. The van der Waals surface area contributed by atoms with Crippen molar-refractivity contribution < 1.29 is 23.9 Å². The van der Waals surface area contributed by atoms with Crippen LogP contribution in [0.15, 0.2) is 127 Å². The van der Waals surface area contributed by atoms with Gasteiger partial charge in [-0.1, -0.05) is 103 Å². The van der Waals surface area contributed by atoms with Gasteiger partial charge in [0.2, 0.25) is 11.8 Å². The maximum Gasteiger partial charge on any atom is 0.239 e. The van der Waals surface area contributed by atoms with E-state index in [1.54, 1.807) is 32.4 Å². The molecule has 2 bridgehead atoms. The SMILES string of the molecule is COc1ccc(C2=C(c3ccc(OC)cc3)[C@@]3(c4ccccc4)C(=O)[C@@]2(c2ccccc2)[C@H]2C(=O)N(c4cc(Cl)ccc4C)C(=O)[C@@H]23)cc1. The standard InChI is InChI=1S/C42H32ClNO5/c1-25-14-19-30(43)24-33(25)44-38(45)36-37(39(44)46)42(29-12-8-5-9-13-29)35(27-17-22-32(49-3)23-18-27)34(26-15-20-31(48-2)21-16-26)41(36,40(42)47)28-10-6-4-7-11-28/h4-24,36-37H,1-3H3/t36-,37-,41-,42-/m1/s1. The van der Waals surface area contributed by atoms with Gasteiger partial charge < -0.3 is 9.47 Å². The van der Waals surface area contributed by atoms with E-state index in [0.29, 0.717) is 44.5 Å². The van der Waals surface area contributed by atoms with Gasteiger partial charge in [-0.3, -0.25) is 14.4 Å². The molecule has 6 nitrogen and oxygen atoms in total. The van der Waals surface area contributed by atoms with Gasteiger partial charge in [-0.2, -0.15) is 0 Å². The summed E-state index contributed by atoms with van der Waals surface area (Å²) in [5, 5.41) is 0.406. The number of anilines is 1. The number of carbonyl (C=O) groups excluding carboxylic acids is 3. The molecule has 2 amide bonds. The van der Waals surface area contributed by atoms with Crippen LogP contribution in [0.3, 0.4) is 0 Å². The number of hydrogen-bond donors (Lipinski definition) is 0. The highest BCUT2D eigenvalue weighted by Gasteiger charge is 2.82. The molecule has 2 aliphatic carbocycles. The van der Waals surface area contributed by atoms with E-state index in [1.165, 1.54) is 4.90 Å². The third-order valence-electron chi connectivity index (χ3n) is 10.6. The number of benzene rings is 5. The summed E-state index contributed by atoms with van der Waals surface area (Å²) in [6, 6.07) is 39.3. The average molecular weight is 666 g/mol. The molecule has 242 valence electrons. The lowest BCUT2D eigenvalue weighted by Crippen LogP contribution is -2.45. The summed E-state index contributed by atoms with van der Waals surface area (Å²) in [6.07, 6.45) is 0. The fraction of sp³-hybridized carbons (Fsp3) is 0.167. The highest BCUT2D eigenvalue weighted by Crippen LogP contribution is 2.74. The molecular weight excluding hydrogens is 634 g/mol. The molecule has 5 aromatic rings. The van der Waals surface area contributed by atoms with Crippen LogP contribution in [0, 0.1) is 18.8 Å². The number of Topliss-reactive ketones (excluding diaryl/α,β-unsaturated/α-hetero) is 1. The molecule has 4 atom stereocenters. The van der Waals surface area contributed by atoms with Crippen LogP contribution < -0.4 is 14.4 Å². The van der Waals surface area contributed by atoms with E-state index in [9.17, 15) is 0 Å². The first kappa shape index (κ1) is 30.8. The van der Waals surface area contributed by atoms with Crippen LogP contribution in [0.25, 0.3) is 11.1 Å². The number of hydrogen-bond acceptors (Lipinski definition) is 5. The number of aryl methyl sites for hydroxylation is 1. The van der Waals surface area contributed by atoms with Gasteiger partial charge in [0.15, 0.2) is 5.78 Å². The predicted octanol–water partition coefficient (Wildman–Crippen LogP) is 7.85. The molecule has 1 saturated heterocycles. The van der Waals surface area contributed by atoms with Gasteiger partial charge >= 0.3 is 0 Å². The lowest BCUT2D eigenvalue weighted by atomic mass is 9.59. The zero-order valence-electron chi connectivity index (χ0n) is 27.1.